The van der Waals surface area contributed by atoms with E-state index < -0.39 is 24.1 Å². The summed E-state index contributed by atoms with van der Waals surface area (Å²) in [5.41, 5.74) is 4.52. The summed E-state index contributed by atoms with van der Waals surface area (Å²) < 4.78 is 5.59. The van der Waals surface area contributed by atoms with Gasteiger partial charge in [-0.15, -0.1) is 0 Å². The van der Waals surface area contributed by atoms with Gasteiger partial charge in [-0.2, -0.15) is 0 Å². The van der Waals surface area contributed by atoms with Crippen LogP contribution in [0.1, 0.15) is 63.5 Å². The van der Waals surface area contributed by atoms with Crippen LogP contribution in [-0.4, -0.2) is 41.8 Å². The normalized spacial score (nSPS) is 14.1. The molecule has 34 heavy (non-hydrogen) atoms. The number of hydrogen-bond donors (Lipinski definition) is 3. The minimum absolute atomic E-state index is 0.0694. The van der Waals surface area contributed by atoms with Crippen LogP contribution in [0.4, 0.5) is 4.79 Å². The van der Waals surface area contributed by atoms with Crippen molar-refractivity contribution in [3.8, 4) is 11.1 Å². The van der Waals surface area contributed by atoms with E-state index in [1.54, 1.807) is 0 Å². The van der Waals surface area contributed by atoms with E-state index in [4.69, 9.17) is 9.84 Å². The molecule has 0 bridgehead atoms. The molecule has 1 unspecified atom stereocenters. The molecule has 0 aromatic heterocycles. The lowest BCUT2D eigenvalue weighted by molar-refractivity contribution is -0.137. The molecule has 2 atom stereocenters. The van der Waals surface area contributed by atoms with Crippen LogP contribution in [0.3, 0.4) is 0 Å². The third-order valence-electron chi connectivity index (χ3n) is 6.06. The van der Waals surface area contributed by atoms with E-state index in [0.717, 1.165) is 28.7 Å². The molecule has 1 aliphatic carbocycles. The molecule has 3 rings (SSSR count). The summed E-state index contributed by atoms with van der Waals surface area (Å²) in [5, 5.41) is 14.6. The van der Waals surface area contributed by atoms with Gasteiger partial charge < -0.3 is 20.5 Å². The van der Waals surface area contributed by atoms with Crippen molar-refractivity contribution in [2.45, 2.75) is 64.5 Å². The van der Waals surface area contributed by atoms with Gasteiger partial charge in [-0.05, 0) is 41.0 Å². The third kappa shape index (κ3) is 6.37. The lowest BCUT2D eigenvalue weighted by Crippen LogP contribution is -2.50. The van der Waals surface area contributed by atoms with E-state index in [2.05, 4.69) is 22.8 Å². The molecular weight excluding hydrogens is 432 g/mol. The Morgan fingerprint density at radius 1 is 0.971 bits per heavy atom. The van der Waals surface area contributed by atoms with Crippen molar-refractivity contribution in [1.82, 2.24) is 10.6 Å². The number of carboxylic acid groups (broad SMARTS) is 1. The molecule has 7 nitrogen and oxygen atoms in total. The Labute approximate surface area is 200 Å². The van der Waals surface area contributed by atoms with Gasteiger partial charge >= 0.3 is 12.1 Å². The summed E-state index contributed by atoms with van der Waals surface area (Å²) in [6, 6.07) is 14.9. The van der Waals surface area contributed by atoms with Gasteiger partial charge in [-0.1, -0.05) is 75.7 Å². The standard InChI is InChI=1S/C27H34N2O5/c1-4-9-18(15-25(30)31)28-26(32)24(14-17(2)3)29-27(33)34-16-23-21-12-7-5-10-19(21)20-11-6-8-13-22(20)23/h5-8,10-13,17-18,23-24H,4,9,14-16H2,1-3H3,(H,28,32)(H,29,33)(H,30,31)/t18-,24?/m1/s1. The van der Waals surface area contributed by atoms with Crippen LogP contribution in [0.2, 0.25) is 0 Å². The molecule has 2 aromatic carbocycles. The second-order valence-electron chi connectivity index (χ2n) is 9.24. The second-order valence-corrected chi connectivity index (χ2v) is 9.24. The van der Waals surface area contributed by atoms with Crippen LogP contribution in [0, 0.1) is 5.92 Å². The first-order valence-electron chi connectivity index (χ1n) is 11.9. The molecule has 0 spiro atoms. The van der Waals surface area contributed by atoms with Crippen molar-refractivity contribution in [1.29, 1.82) is 0 Å². The predicted molar refractivity (Wildman–Crippen MR) is 131 cm³/mol. The van der Waals surface area contributed by atoms with E-state index in [1.807, 2.05) is 57.2 Å². The fourth-order valence-corrected chi connectivity index (χ4v) is 4.57. The van der Waals surface area contributed by atoms with Crippen LogP contribution in [-0.2, 0) is 14.3 Å². The number of alkyl carbamates (subject to hydrolysis) is 1. The number of carboxylic acids is 1. The van der Waals surface area contributed by atoms with Gasteiger partial charge in [0, 0.05) is 12.0 Å². The molecule has 0 fully saturated rings. The number of carbonyl (C=O) groups is 3. The highest BCUT2D eigenvalue weighted by molar-refractivity contribution is 5.86. The molecule has 0 radical (unpaired) electrons. The molecule has 2 amide bonds. The van der Waals surface area contributed by atoms with E-state index in [0.29, 0.717) is 12.8 Å². The van der Waals surface area contributed by atoms with Crippen molar-refractivity contribution >= 4 is 18.0 Å². The summed E-state index contributed by atoms with van der Waals surface area (Å²) in [5.74, 6) is -1.28. The Morgan fingerprint density at radius 3 is 2.09 bits per heavy atom. The highest BCUT2D eigenvalue weighted by Gasteiger charge is 2.30. The van der Waals surface area contributed by atoms with Crippen molar-refractivity contribution in [3.05, 3.63) is 59.7 Å². The quantitative estimate of drug-likeness (QED) is 0.445. The highest BCUT2D eigenvalue weighted by atomic mass is 16.5. The summed E-state index contributed by atoms with van der Waals surface area (Å²) in [6.45, 7) is 6.01. The first-order chi connectivity index (χ1) is 16.3. The van der Waals surface area contributed by atoms with Crippen molar-refractivity contribution < 1.29 is 24.2 Å². The van der Waals surface area contributed by atoms with Crippen LogP contribution in [0.25, 0.3) is 11.1 Å². The van der Waals surface area contributed by atoms with Crippen molar-refractivity contribution in [2.75, 3.05) is 6.61 Å². The topological polar surface area (TPSA) is 105 Å². The summed E-state index contributed by atoms with van der Waals surface area (Å²) in [4.78, 5) is 36.7. The van der Waals surface area contributed by atoms with Crippen LogP contribution < -0.4 is 10.6 Å². The summed E-state index contributed by atoms with van der Waals surface area (Å²) >= 11 is 0. The average molecular weight is 467 g/mol. The average Bonchev–Trinajstić information content (AvgIpc) is 3.10. The zero-order valence-corrected chi connectivity index (χ0v) is 20.0. The number of amides is 2. The number of fused-ring (bicyclic) bond motifs is 3. The van der Waals surface area contributed by atoms with E-state index in [9.17, 15) is 14.4 Å². The number of benzene rings is 2. The number of carbonyl (C=O) groups excluding carboxylic acids is 2. The molecule has 1 aliphatic rings. The first-order valence-corrected chi connectivity index (χ1v) is 11.9. The smallest absolute Gasteiger partial charge is 0.407 e. The Hall–Kier alpha value is -3.35. The predicted octanol–water partition coefficient (Wildman–Crippen LogP) is 4.70. The minimum Gasteiger partial charge on any atom is -0.481 e. The molecular formula is C27H34N2O5. The van der Waals surface area contributed by atoms with Gasteiger partial charge in [-0.3, -0.25) is 9.59 Å². The Kier molecular flexibility index (Phi) is 8.68. The lowest BCUT2D eigenvalue weighted by atomic mass is 9.98. The molecule has 7 heteroatoms. The largest absolute Gasteiger partial charge is 0.481 e. The van der Waals surface area contributed by atoms with Gasteiger partial charge in [0.15, 0.2) is 0 Å². The van der Waals surface area contributed by atoms with Crippen LogP contribution in [0.15, 0.2) is 48.5 Å². The number of aliphatic carboxylic acids is 1. The Morgan fingerprint density at radius 2 is 1.56 bits per heavy atom. The van der Waals surface area contributed by atoms with Gasteiger partial charge in [0.25, 0.3) is 0 Å². The maximum atomic E-state index is 12.9. The van der Waals surface area contributed by atoms with Gasteiger partial charge in [0.2, 0.25) is 5.91 Å². The molecule has 2 aromatic rings. The van der Waals surface area contributed by atoms with Crippen molar-refractivity contribution in [2.24, 2.45) is 5.92 Å². The molecule has 0 heterocycles. The summed E-state index contributed by atoms with van der Waals surface area (Å²) in [6.07, 6.45) is 0.901. The zero-order chi connectivity index (χ0) is 24.7. The Bertz CT molecular complexity index is 974. The van der Waals surface area contributed by atoms with Gasteiger partial charge in [0.1, 0.15) is 12.6 Å². The van der Waals surface area contributed by atoms with Gasteiger partial charge in [-0.25, -0.2) is 4.79 Å². The highest BCUT2D eigenvalue weighted by Crippen LogP contribution is 2.44. The van der Waals surface area contributed by atoms with Crippen molar-refractivity contribution in [3.63, 3.8) is 0 Å². The minimum atomic E-state index is -0.969. The van der Waals surface area contributed by atoms with E-state index in [-0.39, 0.29) is 30.8 Å². The number of nitrogens with one attached hydrogen (secondary N) is 2. The number of hydrogen-bond acceptors (Lipinski definition) is 4. The molecule has 182 valence electrons. The molecule has 0 aliphatic heterocycles. The van der Waals surface area contributed by atoms with Crippen LogP contribution in [0.5, 0.6) is 0 Å². The molecule has 0 saturated carbocycles. The first kappa shape index (κ1) is 25.3. The molecule has 0 saturated heterocycles. The second kappa shape index (κ2) is 11.7. The summed E-state index contributed by atoms with van der Waals surface area (Å²) in [7, 11) is 0. The Balaban J connectivity index is 1.65. The SMILES string of the molecule is CCC[C@H](CC(=O)O)NC(=O)C(CC(C)C)NC(=O)OCC1c2ccccc2-c2ccccc21. The maximum absolute atomic E-state index is 12.9. The molecule has 3 N–H and O–H groups in total. The number of ether oxygens (including phenoxy) is 1. The monoisotopic (exact) mass is 466 g/mol. The zero-order valence-electron chi connectivity index (χ0n) is 20.0. The van der Waals surface area contributed by atoms with Gasteiger partial charge in [0.05, 0.1) is 6.42 Å². The maximum Gasteiger partial charge on any atom is 0.407 e. The van der Waals surface area contributed by atoms with Crippen LogP contribution >= 0.6 is 0 Å². The third-order valence-corrected chi connectivity index (χ3v) is 6.06. The lowest BCUT2D eigenvalue weighted by Gasteiger charge is -2.24. The number of rotatable bonds is 11. The van der Waals surface area contributed by atoms with E-state index >= 15 is 0 Å². The van der Waals surface area contributed by atoms with E-state index in [1.165, 1.54) is 0 Å². The fraction of sp³-hybridized carbons (Fsp3) is 0.444. The fourth-order valence-electron chi connectivity index (χ4n) is 4.57.